The van der Waals surface area contributed by atoms with Crippen molar-refractivity contribution < 1.29 is 14.3 Å². The fourth-order valence-corrected chi connectivity index (χ4v) is 2.75. The van der Waals surface area contributed by atoms with Crippen LogP contribution in [0, 0.1) is 0 Å². The van der Waals surface area contributed by atoms with Crippen molar-refractivity contribution in [1.29, 1.82) is 0 Å². The molecule has 1 aliphatic heterocycles. The molecule has 0 spiro atoms. The summed E-state index contributed by atoms with van der Waals surface area (Å²) in [5, 5.41) is 2.82. The number of para-hydroxylation sites is 1. The molecule has 126 valence electrons. The van der Waals surface area contributed by atoms with E-state index in [0.717, 1.165) is 11.3 Å². The molecular formula is C17H20N4O3. The zero-order chi connectivity index (χ0) is 17.1. The first-order valence-electron chi connectivity index (χ1n) is 7.90. The molecule has 2 amide bonds. The normalized spacial score (nSPS) is 13.6. The van der Waals surface area contributed by atoms with Crippen molar-refractivity contribution in [3.8, 4) is 5.75 Å². The van der Waals surface area contributed by atoms with E-state index in [0.29, 0.717) is 32.0 Å². The third-order valence-electron chi connectivity index (χ3n) is 4.11. The Balaban J connectivity index is 1.72. The Bertz CT molecular complexity index is 769. The van der Waals surface area contributed by atoms with E-state index in [1.807, 2.05) is 31.2 Å². The third-order valence-corrected chi connectivity index (χ3v) is 4.11. The molecule has 3 rings (SSSR count). The predicted octanol–water partition coefficient (Wildman–Crippen LogP) is 1.30. The van der Waals surface area contributed by atoms with Gasteiger partial charge in [0.2, 0.25) is 0 Å². The van der Waals surface area contributed by atoms with Gasteiger partial charge in [0.25, 0.3) is 11.8 Å². The lowest BCUT2D eigenvalue weighted by Crippen LogP contribution is -2.40. The fourth-order valence-electron chi connectivity index (χ4n) is 2.75. The number of rotatable bonds is 5. The minimum absolute atomic E-state index is 0.132. The second-order valence-electron chi connectivity index (χ2n) is 5.52. The smallest absolute Gasteiger partial charge is 0.289 e. The van der Waals surface area contributed by atoms with Crippen LogP contribution in [0.3, 0.4) is 0 Å². The van der Waals surface area contributed by atoms with Gasteiger partial charge in [-0.2, -0.15) is 0 Å². The number of carbonyl (C=O) groups excluding carboxylic acids is 2. The van der Waals surface area contributed by atoms with Crippen molar-refractivity contribution in [3.63, 3.8) is 0 Å². The lowest BCUT2D eigenvalue weighted by Gasteiger charge is -2.25. The molecule has 0 aliphatic carbocycles. The third kappa shape index (κ3) is 2.97. The molecule has 0 saturated carbocycles. The number of amides is 2. The minimum Gasteiger partial charge on any atom is -0.496 e. The molecule has 24 heavy (non-hydrogen) atoms. The van der Waals surface area contributed by atoms with Crippen molar-refractivity contribution in [2.24, 2.45) is 0 Å². The van der Waals surface area contributed by atoms with Gasteiger partial charge in [-0.25, -0.2) is 4.98 Å². The molecule has 2 aromatic rings. The standard InChI is InChI=1S/C17H20N4O3/c1-3-20-8-9-21-11-13(19-15(21)17(20)23)16(22)18-10-12-6-4-5-7-14(12)24-2/h4-7,11H,3,8-10H2,1-2H3,(H,18,22). The summed E-state index contributed by atoms with van der Waals surface area (Å²) in [5.41, 5.74) is 1.14. The number of hydrogen-bond donors (Lipinski definition) is 1. The van der Waals surface area contributed by atoms with E-state index in [4.69, 9.17) is 4.74 Å². The molecule has 0 fully saturated rings. The second-order valence-corrected chi connectivity index (χ2v) is 5.52. The van der Waals surface area contributed by atoms with Crippen LogP contribution in [0.1, 0.15) is 33.6 Å². The maximum Gasteiger partial charge on any atom is 0.289 e. The quantitative estimate of drug-likeness (QED) is 0.897. The number of benzene rings is 1. The Morgan fingerprint density at radius 3 is 2.88 bits per heavy atom. The van der Waals surface area contributed by atoms with Crippen LogP contribution >= 0.6 is 0 Å². The highest BCUT2D eigenvalue weighted by atomic mass is 16.5. The number of hydrogen-bond acceptors (Lipinski definition) is 4. The molecule has 7 heteroatoms. The van der Waals surface area contributed by atoms with Crippen molar-refractivity contribution in [2.75, 3.05) is 20.2 Å². The molecule has 7 nitrogen and oxygen atoms in total. The van der Waals surface area contributed by atoms with Gasteiger partial charge in [0, 0.05) is 37.9 Å². The second kappa shape index (κ2) is 6.74. The van der Waals surface area contributed by atoms with Crippen molar-refractivity contribution in [3.05, 3.63) is 47.5 Å². The average Bonchev–Trinajstić information content (AvgIpc) is 3.05. The Kier molecular flexibility index (Phi) is 4.50. The number of ether oxygens (including phenoxy) is 1. The summed E-state index contributed by atoms with van der Waals surface area (Å²) < 4.78 is 7.01. The van der Waals surface area contributed by atoms with Crippen molar-refractivity contribution in [2.45, 2.75) is 20.0 Å². The summed E-state index contributed by atoms with van der Waals surface area (Å²) in [6.07, 6.45) is 1.64. The van der Waals surface area contributed by atoms with Gasteiger partial charge in [-0.05, 0) is 13.0 Å². The Hall–Kier alpha value is -2.83. The van der Waals surface area contributed by atoms with Gasteiger partial charge in [0.15, 0.2) is 5.82 Å². The van der Waals surface area contributed by atoms with Crippen LogP contribution in [0.4, 0.5) is 0 Å². The first kappa shape index (κ1) is 16.0. The molecule has 0 unspecified atom stereocenters. The first-order valence-corrected chi connectivity index (χ1v) is 7.90. The van der Waals surface area contributed by atoms with Gasteiger partial charge in [-0.1, -0.05) is 18.2 Å². The van der Waals surface area contributed by atoms with Crippen molar-refractivity contribution in [1.82, 2.24) is 19.8 Å². The Morgan fingerprint density at radius 1 is 1.33 bits per heavy atom. The van der Waals surface area contributed by atoms with E-state index in [-0.39, 0.29) is 17.5 Å². The number of carbonyl (C=O) groups is 2. The van der Waals surface area contributed by atoms with Crippen LogP contribution in [0.2, 0.25) is 0 Å². The number of methoxy groups -OCH3 is 1. The van der Waals surface area contributed by atoms with Gasteiger partial charge in [-0.3, -0.25) is 9.59 Å². The zero-order valence-electron chi connectivity index (χ0n) is 13.8. The van der Waals surface area contributed by atoms with Gasteiger partial charge >= 0.3 is 0 Å². The fraction of sp³-hybridized carbons (Fsp3) is 0.353. The summed E-state index contributed by atoms with van der Waals surface area (Å²) in [6.45, 7) is 4.20. The SMILES string of the molecule is CCN1CCn2cc(C(=O)NCc3ccccc3OC)nc2C1=O. The highest BCUT2D eigenvalue weighted by molar-refractivity contribution is 5.96. The zero-order valence-corrected chi connectivity index (χ0v) is 13.8. The van der Waals surface area contributed by atoms with Gasteiger partial charge < -0.3 is 19.5 Å². The monoisotopic (exact) mass is 328 g/mol. The maximum absolute atomic E-state index is 12.3. The number of imidazole rings is 1. The van der Waals surface area contributed by atoms with E-state index >= 15 is 0 Å². The molecule has 1 N–H and O–H groups in total. The molecule has 0 bridgehead atoms. The van der Waals surface area contributed by atoms with Gasteiger partial charge in [-0.15, -0.1) is 0 Å². The summed E-state index contributed by atoms with van der Waals surface area (Å²) in [4.78, 5) is 30.5. The lowest BCUT2D eigenvalue weighted by atomic mass is 10.2. The van der Waals surface area contributed by atoms with Crippen LogP contribution in [0.5, 0.6) is 5.75 Å². The van der Waals surface area contributed by atoms with Crippen molar-refractivity contribution >= 4 is 11.8 Å². The van der Waals surface area contributed by atoms with Gasteiger partial charge in [0.05, 0.1) is 7.11 Å². The summed E-state index contributed by atoms with van der Waals surface area (Å²) in [5.74, 6) is 0.604. The largest absolute Gasteiger partial charge is 0.496 e. The predicted molar refractivity (Wildman–Crippen MR) is 88.0 cm³/mol. The molecule has 0 saturated heterocycles. The Labute approximate surface area is 140 Å². The number of nitrogens with one attached hydrogen (secondary N) is 1. The molecular weight excluding hydrogens is 308 g/mol. The highest BCUT2D eigenvalue weighted by Crippen LogP contribution is 2.17. The number of nitrogens with zero attached hydrogens (tertiary/aromatic N) is 3. The van der Waals surface area contributed by atoms with Crippen LogP contribution < -0.4 is 10.1 Å². The topological polar surface area (TPSA) is 76.5 Å². The molecule has 1 aromatic heterocycles. The minimum atomic E-state index is -0.307. The Morgan fingerprint density at radius 2 is 2.12 bits per heavy atom. The summed E-state index contributed by atoms with van der Waals surface area (Å²) >= 11 is 0. The summed E-state index contributed by atoms with van der Waals surface area (Å²) in [6, 6.07) is 7.49. The molecule has 1 aliphatic rings. The van der Waals surface area contributed by atoms with E-state index in [1.165, 1.54) is 0 Å². The maximum atomic E-state index is 12.3. The van der Waals surface area contributed by atoms with Crippen LogP contribution in [-0.2, 0) is 13.1 Å². The van der Waals surface area contributed by atoms with E-state index in [1.54, 1.807) is 22.8 Å². The number of fused-ring (bicyclic) bond motifs is 1. The van der Waals surface area contributed by atoms with E-state index in [2.05, 4.69) is 10.3 Å². The van der Waals surface area contributed by atoms with Crippen LogP contribution in [0.25, 0.3) is 0 Å². The molecule has 0 atom stereocenters. The van der Waals surface area contributed by atoms with Gasteiger partial charge in [0.1, 0.15) is 11.4 Å². The van der Waals surface area contributed by atoms with E-state index in [9.17, 15) is 9.59 Å². The lowest BCUT2D eigenvalue weighted by molar-refractivity contribution is 0.0707. The molecule has 2 heterocycles. The van der Waals surface area contributed by atoms with Crippen LogP contribution in [0.15, 0.2) is 30.5 Å². The highest BCUT2D eigenvalue weighted by Gasteiger charge is 2.27. The van der Waals surface area contributed by atoms with Crippen LogP contribution in [-0.4, -0.2) is 46.5 Å². The first-order chi connectivity index (χ1) is 11.6. The van der Waals surface area contributed by atoms with E-state index < -0.39 is 0 Å². The molecule has 1 aromatic carbocycles. The summed E-state index contributed by atoms with van der Waals surface area (Å²) in [7, 11) is 1.59. The number of likely N-dealkylation sites (N-methyl/N-ethyl adjacent to an activating group) is 1. The average molecular weight is 328 g/mol. The molecule has 0 radical (unpaired) electrons. The number of aromatic nitrogens is 2.